The Morgan fingerprint density at radius 1 is 1.25 bits per heavy atom. The fraction of sp³-hybridized carbons (Fsp3) is 0.333. The van der Waals surface area contributed by atoms with Crippen LogP contribution in [0.1, 0.15) is 32.3 Å². The molecule has 0 aliphatic heterocycles. The van der Waals surface area contributed by atoms with Gasteiger partial charge in [0.15, 0.2) is 0 Å². The van der Waals surface area contributed by atoms with Gasteiger partial charge in [-0.2, -0.15) is 0 Å². The van der Waals surface area contributed by atoms with E-state index in [0.717, 1.165) is 15.9 Å². The number of rotatable bonds is 4. The lowest BCUT2D eigenvalue weighted by Crippen LogP contribution is -2.20. The van der Waals surface area contributed by atoms with Gasteiger partial charge >= 0.3 is 0 Å². The molecule has 16 heavy (non-hydrogen) atoms. The van der Waals surface area contributed by atoms with Crippen molar-refractivity contribution in [3.05, 3.63) is 52.8 Å². The van der Waals surface area contributed by atoms with Crippen molar-refractivity contribution in [2.45, 2.75) is 33.1 Å². The molecule has 2 rings (SSSR count). The van der Waals surface area contributed by atoms with E-state index in [-0.39, 0.29) is 0 Å². The molecule has 0 spiro atoms. The van der Waals surface area contributed by atoms with Crippen LogP contribution in [0.3, 0.4) is 0 Å². The highest BCUT2D eigenvalue weighted by Crippen LogP contribution is 2.15. The monoisotopic (exact) mass is 226 g/mol. The van der Waals surface area contributed by atoms with Gasteiger partial charge in [-0.15, -0.1) is 0 Å². The minimum Gasteiger partial charge on any atom is -0.0779 e. The van der Waals surface area contributed by atoms with Crippen molar-refractivity contribution in [1.29, 1.82) is 0 Å². The molecule has 0 heterocycles. The molecule has 0 amide bonds. The predicted molar refractivity (Wildman–Crippen MR) is 72.3 cm³/mol. The molecule has 82 valence electrons. The van der Waals surface area contributed by atoms with Crippen molar-refractivity contribution in [2.24, 2.45) is 0 Å². The Hall–Kier alpha value is -1.08. The van der Waals surface area contributed by atoms with E-state index in [1.807, 2.05) is 0 Å². The van der Waals surface area contributed by atoms with E-state index in [1.165, 1.54) is 24.0 Å². The molecule has 0 saturated carbocycles. The quantitative estimate of drug-likeness (QED) is 0.692. The van der Waals surface area contributed by atoms with Gasteiger partial charge in [0.2, 0.25) is 0 Å². The van der Waals surface area contributed by atoms with Crippen LogP contribution in [0.15, 0.2) is 47.2 Å². The number of allylic oxidation sites excluding steroid dienone is 4. The zero-order chi connectivity index (χ0) is 11.4. The average molecular weight is 226 g/mol. The first-order valence-corrected chi connectivity index (χ1v) is 7.02. The minimum absolute atomic E-state index is 0.862. The van der Waals surface area contributed by atoms with Gasteiger partial charge in [0.25, 0.3) is 0 Å². The molecular formula is C15H18Si. The Balaban J connectivity index is 2.12. The third kappa shape index (κ3) is 2.73. The Morgan fingerprint density at radius 2 is 2.06 bits per heavy atom. The Bertz CT molecular complexity index is 427. The summed E-state index contributed by atoms with van der Waals surface area (Å²) in [5.41, 5.74) is 2.96. The normalized spacial score (nSPS) is 14.9. The first-order chi connectivity index (χ1) is 7.79. The van der Waals surface area contributed by atoms with Crippen LogP contribution in [0.5, 0.6) is 0 Å². The molecule has 1 aliphatic carbocycles. The first-order valence-electron chi connectivity index (χ1n) is 6.02. The van der Waals surface area contributed by atoms with E-state index >= 15 is 0 Å². The fourth-order valence-corrected chi connectivity index (χ4v) is 3.45. The van der Waals surface area contributed by atoms with Gasteiger partial charge < -0.3 is 0 Å². The van der Waals surface area contributed by atoms with Gasteiger partial charge in [-0.05, 0) is 25.3 Å². The van der Waals surface area contributed by atoms with Crippen molar-refractivity contribution in [1.82, 2.24) is 0 Å². The van der Waals surface area contributed by atoms with Crippen LogP contribution in [-0.2, 0) is 6.42 Å². The standard InChI is InChI=1S/C15H18Si/c1-3-6-13-7-4-5-8-15(13)16-14-10-9-12(2)11-14/h4-5,7-9,11H,3,6,10H2,1-2H3. The maximum Gasteiger partial charge on any atom is 0.116 e. The summed E-state index contributed by atoms with van der Waals surface area (Å²) in [5.74, 6) is 0. The second-order valence-electron chi connectivity index (χ2n) is 4.35. The third-order valence-corrected chi connectivity index (χ3v) is 4.30. The van der Waals surface area contributed by atoms with E-state index in [2.05, 4.69) is 50.3 Å². The molecule has 2 radical (unpaired) electrons. The molecule has 0 saturated heterocycles. The number of benzene rings is 1. The van der Waals surface area contributed by atoms with E-state index in [0.29, 0.717) is 0 Å². The van der Waals surface area contributed by atoms with Crippen molar-refractivity contribution in [3.63, 3.8) is 0 Å². The van der Waals surface area contributed by atoms with Crippen LogP contribution in [-0.4, -0.2) is 9.52 Å². The molecular weight excluding hydrogens is 208 g/mol. The molecule has 1 heteroatoms. The first kappa shape index (κ1) is 11.4. The van der Waals surface area contributed by atoms with Crippen LogP contribution in [0.2, 0.25) is 0 Å². The van der Waals surface area contributed by atoms with E-state index in [1.54, 1.807) is 10.4 Å². The largest absolute Gasteiger partial charge is 0.116 e. The van der Waals surface area contributed by atoms with Crippen LogP contribution < -0.4 is 5.19 Å². The van der Waals surface area contributed by atoms with Gasteiger partial charge in [-0.25, -0.2) is 0 Å². The summed E-state index contributed by atoms with van der Waals surface area (Å²) in [6.45, 7) is 4.44. The highest BCUT2D eigenvalue weighted by molar-refractivity contribution is 6.61. The van der Waals surface area contributed by atoms with Crippen LogP contribution in [0.4, 0.5) is 0 Å². The lowest BCUT2D eigenvalue weighted by molar-refractivity contribution is 0.927. The third-order valence-electron chi connectivity index (χ3n) is 2.88. The Labute approximate surface area is 101 Å². The topological polar surface area (TPSA) is 0 Å². The smallest absolute Gasteiger partial charge is 0.0779 e. The molecule has 0 N–H and O–H groups in total. The zero-order valence-corrected chi connectivity index (χ0v) is 11.1. The highest BCUT2D eigenvalue weighted by Gasteiger charge is 2.08. The summed E-state index contributed by atoms with van der Waals surface area (Å²) in [7, 11) is 0.862. The maximum atomic E-state index is 2.35. The van der Waals surface area contributed by atoms with E-state index < -0.39 is 0 Å². The average Bonchev–Trinajstić information content (AvgIpc) is 2.67. The molecule has 0 nitrogen and oxygen atoms in total. The summed E-state index contributed by atoms with van der Waals surface area (Å²) >= 11 is 0. The minimum atomic E-state index is 0.862. The van der Waals surface area contributed by atoms with Crippen LogP contribution in [0.25, 0.3) is 0 Å². The van der Waals surface area contributed by atoms with Crippen molar-refractivity contribution in [2.75, 3.05) is 0 Å². The summed E-state index contributed by atoms with van der Waals surface area (Å²) in [6.07, 6.45) is 8.28. The number of aryl methyl sites for hydroxylation is 1. The van der Waals surface area contributed by atoms with E-state index in [9.17, 15) is 0 Å². The molecule has 0 bridgehead atoms. The maximum absolute atomic E-state index is 2.35. The van der Waals surface area contributed by atoms with Gasteiger partial charge in [0, 0.05) is 0 Å². The Morgan fingerprint density at radius 3 is 2.75 bits per heavy atom. The molecule has 0 fully saturated rings. The van der Waals surface area contributed by atoms with Gasteiger partial charge in [-0.3, -0.25) is 0 Å². The highest BCUT2D eigenvalue weighted by atomic mass is 28.2. The van der Waals surface area contributed by atoms with Gasteiger partial charge in [-0.1, -0.05) is 65.7 Å². The SMILES string of the molecule is CCCc1ccccc1[Si]C1=CC(C)=CC1. The molecule has 0 aromatic heterocycles. The number of hydrogen-bond acceptors (Lipinski definition) is 0. The molecule has 1 aliphatic rings. The van der Waals surface area contributed by atoms with E-state index in [4.69, 9.17) is 0 Å². The van der Waals surface area contributed by atoms with Crippen molar-refractivity contribution >= 4 is 14.7 Å². The molecule has 1 aromatic carbocycles. The predicted octanol–water partition coefficient (Wildman–Crippen LogP) is 3.20. The van der Waals surface area contributed by atoms with Gasteiger partial charge in [0.05, 0.1) is 0 Å². The lowest BCUT2D eigenvalue weighted by atomic mass is 10.1. The Kier molecular flexibility index (Phi) is 3.78. The second kappa shape index (κ2) is 5.31. The molecule has 0 unspecified atom stereocenters. The summed E-state index contributed by atoms with van der Waals surface area (Å²) in [6, 6.07) is 8.89. The van der Waals surface area contributed by atoms with Crippen LogP contribution in [0, 0.1) is 0 Å². The summed E-state index contributed by atoms with van der Waals surface area (Å²) in [5, 5.41) is 3.12. The fourth-order valence-electron chi connectivity index (χ4n) is 2.05. The van der Waals surface area contributed by atoms with Gasteiger partial charge in [0.1, 0.15) is 9.52 Å². The lowest BCUT2D eigenvalue weighted by Gasteiger charge is -2.08. The second-order valence-corrected chi connectivity index (χ2v) is 5.78. The molecule has 1 aromatic rings. The summed E-state index contributed by atoms with van der Waals surface area (Å²) in [4.78, 5) is 0. The van der Waals surface area contributed by atoms with Crippen molar-refractivity contribution in [3.8, 4) is 0 Å². The number of hydrogen-bond donors (Lipinski definition) is 0. The zero-order valence-electron chi connectivity index (χ0n) is 10.1. The molecule has 0 atom stereocenters. The van der Waals surface area contributed by atoms with Crippen LogP contribution >= 0.6 is 0 Å². The summed E-state index contributed by atoms with van der Waals surface area (Å²) < 4.78 is 0. The van der Waals surface area contributed by atoms with Crippen molar-refractivity contribution < 1.29 is 0 Å².